The fourth-order valence-electron chi connectivity index (χ4n) is 2.93. The van der Waals surface area contributed by atoms with Crippen molar-refractivity contribution in [2.24, 2.45) is 7.05 Å². The predicted octanol–water partition coefficient (Wildman–Crippen LogP) is 4.63. The Morgan fingerprint density at radius 1 is 1.19 bits per heavy atom. The quantitative estimate of drug-likeness (QED) is 0.526. The van der Waals surface area contributed by atoms with Gasteiger partial charge in [-0.1, -0.05) is 42.5 Å². The van der Waals surface area contributed by atoms with E-state index in [4.69, 9.17) is 4.98 Å². The molecule has 0 aliphatic rings. The van der Waals surface area contributed by atoms with E-state index < -0.39 is 6.09 Å². The van der Waals surface area contributed by atoms with Gasteiger partial charge >= 0.3 is 6.09 Å². The van der Waals surface area contributed by atoms with Crippen LogP contribution < -0.4 is 5.32 Å². The van der Waals surface area contributed by atoms with Gasteiger partial charge in [0.25, 0.3) is 0 Å². The summed E-state index contributed by atoms with van der Waals surface area (Å²) in [6.45, 7) is 0. The molecule has 0 aliphatic heterocycles. The van der Waals surface area contributed by atoms with Gasteiger partial charge in [-0.05, 0) is 53.1 Å². The Morgan fingerprint density at radius 2 is 1.88 bits per heavy atom. The van der Waals surface area contributed by atoms with Crippen molar-refractivity contribution in [3.05, 3.63) is 75.8 Å². The average molecular weight is 461 g/mol. The summed E-state index contributed by atoms with van der Waals surface area (Å²) in [6.07, 6.45) is 2.32. The van der Waals surface area contributed by atoms with Crippen LogP contribution in [0, 0.1) is 3.57 Å². The van der Waals surface area contributed by atoms with Crippen LogP contribution in [-0.4, -0.2) is 20.8 Å². The van der Waals surface area contributed by atoms with Crippen molar-refractivity contribution >= 4 is 28.7 Å². The first-order valence-electron chi connectivity index (χ1n) is 8.35. The first kappa shape index (κ1) is 18.4. The van der Waals surface area contributed by atoms with Crippen molar-refractivity contribution < 1.29 is 9.90 Å². The Kier molecular flexibility index (Phi) is 5.92. The molecule has 0 aliphatic carbocycles. The Hall–Kier alpha value is -2.35. The fourth-order valence-corrected chi connectivity index (χ4v) is 3.29. The van der Waals surface area contributed by atoms with Gasteiger partial charge < -0.3 is 15.0 Å². The Bertz CT molecular complexity index is 876. The smallest absolute Gasteiger partial charge is 0.405 e. The monoisotopic (exact) mass is 461 g/mol. The van der Waals surface area contributed by atoms with E-state index >= 15 is 0 Å². The van der Waals surface area contributed by atoms with E-state index in [1.54, 1.807) is 0 Å². The minimum Gasteiger partial charge on any atom is -0.465 e. The van der Waals surface area contributed by atoms with Gasteiger partial charge in [-0.15, -0.1) is 0 Å². The molecule has 5 nitrogen and oxygen atoms in total. The van der Waals surface area contributed by atoms with E-state index in [0.717, 1.165) is 27.1 Å². The maximum Gasteiger partial charge on any atom is 0.405 e. The summed E-state index contributed by atoms with van der Waals surface area (Å²) >= 11 is 2.27. The van der Waals surface area contributed by atoms with E-state index in [1.807, 2.05) is 72.4 Å². The van der Waals surface area contributed by atoms with Crippen molar-refractivity contribution in [1.82, 2.24) is 14.9 Å². The van der Waals surface area contributed by atoms with Crippen LogP contribution in [0.1, 0.15) is 23.9 Å². The molecule has 0 saturated carbocycles. The molecule has 1 aromatic heterocycles. The van der Waals surface area contributed by atoms with Gasteiger partial charge in [-0.25, -0.2) is 9.78 Å². The zero-order valence-electron chi connectivity index (χ0n) is 14.4. The lowest BCUT2D eigenvalue weighted by Gasteiger charge is -2.16. The summed E-state index contributed by atoms with van der Waals surface area (Å²) in [7, 11) is 1.90. The second kappa shape index (κ2) is 8.35. The molecule has 26 heavy (non-hydrogen) atoms. The number of hydrogen-bond acceptors (Lipinski definition) is 2. The normalized spacial score (nSPS) is 11.9. The molecule has 1 amide bonds. The van der Waals surface area contributed by atoms with Crippen LogP contribution in [0.3, 0.4) is 0 Å². The van der Waals surface area contributed by atoms with Crippen molar-refractivity contribution in [3.63, 3.8) is 0 Å². The number of aryl methyl sites for hydroxylation is 2. The average Bonchev–Trinajstić information content (AvgIpc) is 3.01. The Labute approximate surface area is 166 Å². The lowest BCUT2D eigenvalue weighted by atomic mass is 10.0. The largest absolute Gasteiger partial charge is 0.465 e. The molecule has 0 radical (unpaired) electrons. The predicted molar refractivity (Wildman–Crippen MR) is 110 cm³/mol. The number of carboxylic acid groups (broad SMARTS) is 1. The third kappa shape index (κ3) is 4.63. The second-order valence-corrected chi connectivity index (χ2v) is 7.37. The molecule has 0 bridgehead atoms. The number of amides is 1. The summed E-state index contributed by atoms with van der Waals surface area (Å²) in [6, 6.07) is 17.8. The van der Waals surface area contributed by atoms with Gasteiger partial charge in [0.05, 0.1) is 11.7 Å². The highest BCUT2D eigenvalue weighted by Gasteiger charge is 2.20. The maximum absolute atomic E-state index is 11.3. The minimum atomic E-state index is -1.04. The summed E-state index contributed by atoms with van der Waals surface area (Å²) in [5.41, 5.74) is 3.04. The minimum absolute atomic E-state index is 0.365. The van der Waals surface area contributed by atoms with E-state index in [-0.39, 0.29) is 6.04 Å². The Balaban J connectivity index is 1.83. The van der Waals surface area contributed by atoms with Gasteiger partial charge in [0.15, 0.2) is 0 Å². The van der Waals surface area contributed by atoms with E-state index in [1.165, 1.54) is 5.56 Å². The van der Waals surface area contributed by atoms with Gasteiger partial charge in [-0.3, -0.25) is 0 Å². The molecular weight excluding hydrogens is 441 g/mol. The number of imidazole rings is 1. The first-order chi connectivity index (χ1) is 12.5. The van der Waals surface area contributed by atoms with Crippen LogP contribution in [0.25, 0.3) is 11.3 Å². The van der Waals surface area contributed by atoms with Crippen LogP contribution in [0.15, 0.2) is 60.8 Å². The highest BCUT2D eigenvalue weighted by molar-refractivity contribution is 14.1. The van der Waals surface area contributed by atoms with Crippen LogP contribution in [-0.2, 0) is 13.5 Å². The lowest BCUT2D eigenvalue weighted by molar-refractivity contribution is 0.188. The number of carbonyl (C=O) groups is 1. The van der Waals surface area contributed by atoms with Gasteiger partial charge in [-0.2, -0.15) is 0 Å². The van der Waals surface area contributed by atoms with Gasteiger partial charge in [0, 0.05) is 22.4 Å². The topological polar surface area (TPSA) is 67.2 Å². The van der Waals surface area contributed by atoms with Crippen LogP contribution in [0.2, 0.25) is 0 Å². The summed E-state index contributed by atoms with van der Waals surface area (Å²) in [4.78, 5) is 16.0. The molecule has 3 aromatic rings. The number of rotatable bonds is 6. The Morgan fingerprint density at radius 3 is 2.54 bits per heavy atom. The van der Waals surface area contributed by atoms with E-state index in [2.05, 4.69) is 27.9 Å². The van der Waals surface area contributed by atoms with Gasteiger partial charge in [0.1, 0.15) is 5.82 Å². The van der Waals surface area contributed by atoms with Crippen LogP contribution in [0.4, 0.5) is 4.79 Å². The van der Waals surface area contributed by atoms with Crippen molar-refractivity contribution in [3.8, 4) is 11.3 Å². The summed E-state index contributed by atoms with van der Waals surface area (Å²) in [5, 5.41) is 11.9. The molecular formula is C20H20IN3O2. The molecule has 0 fully saturated rings. The van der Waals surface area contributed by atoms with Crippen LogP contribution in [0.5, 0.6) is 0 Å². The highest BCUT2D eigenvalue weighted by Crippen LogP contribution is 2.24. The number of aromatic nitrogens is 2. The molecule has 3 rings (SSSR count). The van der Waals surface area contributed by atoms with Crippen molar-refractivity contribution in [2.45, 2.75) is 18.9 Å². The maximum atomic E-state index is 11.3. The second-order valence-electron chi connectivity index (χ2n) is 6.13. The fraction of sp³-hybridized carbons (Fsp3) is 0.200. The zero-order chi connectivity index (χ0) is 18.5. The number of benzene rings is 2. The molecule has 1 atom stereocenters. The van der Waals surface area contributed by atoms with Crippen molar-refractivity contribution in [1.29, 1.82) is 0 Å². The molecule has 6 heteroatoms. The molecule has 0 spiro atoms. The number of halogens is 1. The third-order valence-corrected chi connectivity index (χ3v) is 4.95. The first-order valence-corrected chi connectivity index (χ1v) is 9.43. The number of nitrogens with one attached hydrogen (secondary N) is 1. The summed E-state index contributed by atoms with van der Waals surface area (Å²) in [5.74, 6) is 0.719. The molecule has 0 saturated heterocycles. The lowest BCUT2D eigenvalue weighted by Crippen LogP contribution is -2.29. The van der Waals surface area contributed by atoms with Crippen LogP contribution >= 0.6 is 22.6 Å². The standard InChI is InChI=1S/C20H20IN3O2/c1-24-13-18(15-8-10-16(21)11-9-15)22-19(24)17(23-20(25)26)12-7-14-5-3-2-4-6-14/h2-6,8-11,13,17,23H,7,12H2,1H3,(H,25,26). The third-order valence-electron chi connectivity index (χ3n) is 4.23. The molecule has 1 unspecified atom stereocenters. The number of hydrogen-bond donors (Lipinski definition) is 2. The highest BCUT2D eigenvalue weighted by atomic mass is 127. The van der Waals surface area contributed by atoms with E-state index in [0.29, 0.717) is 6.42 Å². The van der Waals surface area contributed by atoms with Crippen molar-refractivity contribution in [2.75, 3.05) is 0 Å². The summed E-state index contributed by atoms with van der Waals surface area (Å²) < 4.78 is 3.06. The SMILES string of the molecule is Cn1cc(-c2ccc(I)cc2)nc1C(CCc1ccccc1)NC(=O)O. The van der Waals surface area contributed by atoms with E-state index in [9.17, 15) is 9.90 Å². The molecule has 2 aromatic carbocycles. The molecule has 1 heterocycles. The molecule has 2 N–H and O–H groups in total. The zero-order valence-corrected chi connectivity index (χ0v) is 16.6. The molecule has 134 valence electrons. The number of nitrogens with zero attached hydrogens (tertiary/aromatic N) is 2. The van der Waals surface area contributed by atoms with Gasteiger partial charge in [0.2, 0.25) is 0 Å².